The Morgan fingerprint density at radius 2 is 2.17 bits per heavy atom. The molecule has 0 spiro atoms. The molecule has 3 unspecified atom stereocenters. The van der Waals surface area contributed by atoms with Gasteiger partial charge in [0.25, 0.3) is 0 Å². The number of hydrogen-bond acceptors (Lipinski definition) is 2. The Hall–Kier alpha value is -1.15. The largest absolute Gasteiger partial charge is 0.373 e. The number of allylic oxidation sites excluding steroid dienone is 1. The van der Waals surface area contributed by atoms with Crippen molar-refractivity contribution in [3.05, 3.63) is 41.7 Å². The summed E-state index contributed by atoms with van der Waals surface area (Å²) in [5.41, 5.74) is 2.70. The smallest absolute Gasteiger partial charge is 0.0907 e. The van der Waals surface area contributed by atoms with E-state index in [-0.39, 0.29) is 6.10 Å². The molecule has 18 heavy (non-hydrogen) atoms. The van der Waals surface area contributed by atoms with Gasteiger partial charge in [-0.3, -0.25) is 4.98 Å². The molecule has 2 nitrogen and oxygen atoms in total. The van der Waals surface area contributed by atoms with Crippen LogP contribution in [0.25, 0.3) is 0 Å². The molecule has 0 saturated carbocycles. The van der Waals surface area contributed by atoms with Gasteiger partial charge in [0.2, 0.25) is 0 Å². The summed E-state index contributed by atoms with van der Waals surface area (Å²) in [6.07, 6.45) is 6.41. The normalized spacial score (nSPS) is 39.3. The lowest BCUT2D eigenvalue weighted by Crippen LogP contribution is -2.42. The number of aromatic nitrogens is 1. The van der Waals surface area contributed by atoms with E-state index in [2.05, 4.69) is 37.9 Å². The van der Waals surface area contributed by atoms with E-state index in [9.17, 15) is 0 Å². The number of rotatable bonds is 1. The number of hydrogen-bond donors (Lipinski definition) is 0. The fourth-order valence-corrected chi connectivity index (χ4v) is 3.79. The Morgan fingerprint density at radius 3 is 2.89 bits per heavy atom. The van der Waals surface area contributed by atoms with Gasteiger partial charge in [0, 0.05) is 18.3 Å². The average Bonchev–Trinajstić information content (AvgIpc) is 2.37. The molecule has 0 aromatic carbocycles. The maximum Gasteiger partial charge on any atom is 0.0907 e. The summed E-state index contributed by atoms with van der Waals surface area (Å²) in [5.74, 6) is 2.53. The van der Waals surface area contributed by atoms with E-state index in [0.29, 0.717) is 23.7 Å². The summed E-state index contributed by atoms with van der Waals surface area (Å²) >= 11 is 0. The van der Waals surface area contributed by atoms with Gasteiger partial charge in [-0.2, -0.15) is 0 Å². The van der Waals surface area contributed by atoms with Crippen LogP contribution in [0.3, 0.4) is 0 Å². The lowest BCUT2D eigenvalue weighted by atomic mass is 9.65. The molecule has 0 radical (unpaired) electrons. The maximum atomic E-state index is 6.16. The second kappa shape index (κ2) is 4.51. The van der Waals surface area contributed by atoms with E-state index in [0.717, 1.165) is 6.61 Å². The molecule has 1 aliphatic carbocycles. The summed E-state index contributed by atoms with van der Waals surface area (Å²) in [7, 11) is 0. The Bertz CT molecular complexity index is 453. The first-order chi connectivity index (χ1) is 8.68. The number of pyridine rings is 1. The minimum Gasteiger partial charge on any atom is -0.373 e. The van der Waals surface area contributed by atoms with Crippen molar-refractivity contribution in [1.82, 2.24) is 4.98 Å². The van der Waals surface area contributed by atoms with Gasteiger partial charge in [-0.15, -0.1) is 0 Å². The molecule has 1 aromatic heterocycles. The van der Waals surface area contributed by atoms with Crippen molar-refractivity contribution in [2.45, 2.75) is 26.9 Å². The summed E-state index contributed by atoms with van der Waals surface area (Å²) in [4.78, 5) is 4.23. The highest BCUT2D eigenvalue weighted by molar-refractivity contribution is 5.23. The van der Waals surface area contributed by atoms with Gasteiger partial charge in [0.1, 0.15) is 0 Å². The second-order valence-corrected chi connectivity index (χ2v) is 5.86. The van der Waals surface area contributed by atoms with Crippen molar-refractivity contribution in [3.63, 3.8) is 0 Å². The van der Waals surface area contributed by atoms with Crippen LogP contribution in [0.5, 0.6) is 0 Å². The monoisotopic (exact) mass is 243 g/mol. The number of fused-ring (bicyclic) bond motifs is 2. The zero-order valence-corrected chi connectivity index (χ0v) is 11.3. The standard InChI is InChI=1S/C16H21NO/c1-10-7-11(2)15-12(3)14(10)9-18-16(15)13-5-4-6-17-8-13/h4-8,10,12,14-16H,9H2,1-3H3/t10?,12?,14-,15+,16?/m1/s1. The van der Waals surface area contributed by atoms with E-state index < -0.39 is 0 Å². The van der Waals surface area contributed by atoms with Crippen LogP contribution in [-0.4, -0.2) is 11.6 Å². The van der Waals surface area contributed by atoms with Crippen molar-refractivity contribution in [2.24, 2.45) is 23.7 Å². The molecule has 2 heteroatoms. The Morgan fingerprint density at radius 1 is 1.33 bits per heavy atom. The third-order valence-corrected chi connectivity index (χ3v) is 4.78. The average molecular weight is 243 g/mol. The number of nitrogens with zero attached hydrogens (tertiary/aromatic N) is 1. The predicted molar refractivity (Wildman–Crippen MR) is 72.0 cm³/mol. The fraction of sp³-hybridized carbons (Fsp3) is 0.562. The zero-order chi connectivity index (χ0) is 12.7. The molecule has 1 aromatic rings. The maximum absolute atomic E-state index is 6.16. The van der Waals surface area contributed by atoms with Gasteiger partial charge < -0.3 is 4.74 Å². The minimum atomic E-state index is 0.189. The minimum absolute atomic E-state index is 0.189. The third-order valence-electron chi connectivity index (χ3n) is 4.78. The molecule has 2 bridgehead atoms. The molecule has 96 valence electrons. The zero-order valence-electron chi connectivity index (χ0n) is 11.3. The molecule has 1 saturated heterocycles. The Balaban J connectivity index is 1.97. The number of ether oxygens (including phenoxy) is 1. The summed E-state index contributed by atoms with van der Waals surface area (Å²) in [6, 6.07) is 4.13. The first-order valence-electron chi connectivity index (χ1n) is 6.88. The highest BCUT2D eigenvalue weighted by Crippen LogP contribution is 2.49. The van der Waals surface area contributed by atoms with Gasteiger partial charge in [0.15, 0.2) is 0 Å². The van der Waals surface area contributed by atoms with Crippen LogP contribution in [0.4, 0.5) is 0 Å². The van der Waals surface area contributed by atoms with E-state index in [1.165, 1.54) is 11.1 Å². The molecule has 2 heterocycles. The fourth-order valence-electron chi connectivity index (χ4n) is 3.79. The van der Waals surface area contributed by atoms with E-state index in [4.69, 9.17) is 4.74 Å². The first kappa shape index (κ1) is 11.9. The van der Waals surface area contributed by atoms with Crippen molar-refractivity contribution >= 4 is 0 Å². The molecule has 0 N–H and O–H groups in total. The van der Waals surface area contributed by atoms with Crippen LogP contribution in [0, 0.1) is 23.7 Å². The Labute approximate surface area is 109 Å². The van der Waals surface area contributed by atoms with Crippen molar-refractivity contribution in [2.75, 3.05) is 6.61 Å². The summed E-state index contributed by atoms with van der Waals surface area (Å²) < 4.78 is 6.16. The molecule has 3 rings (SSSR count). The van der Waals surface area contributed by atoms with Gasteiger partial charge in [-0.05, 0) is 36.3 Å². The van der Waals surface area contributed by atoms with E-state index >= 15 is 0 Å². The lowest BCUT2D eigenvalue weighted by molar-refractivity contribution is -0.0935. The van der Waals surface area contributed by atoms with Crippen molar-refractivity contribution in [3.8, 4) is 0 Å². The highest BCUT2D eigenvalue weighted by Gasteiger charge is 2.43. The molecular weight excluding hydrogens is 222 g/mol. The van der Waals surface area contributed by atoms with Crippen molar-refractivity contribution < 1.29 is 4.74 Å². The quantitative estimate of drug-likeness (QED) is 0.703. The summed E-state index contributed by atoms with van der Waals surface area (Å²) in [5, 5.41) is 0. The van der Waals surface area contributed by atoms with E-state index in [1.54, 1.807) is 0 Å². The van der Waals surface area contributed by atoms with Gasteiger partial charge in [-0.1, -0.05) is 31.6 Å². The van der Waals surface area contributed by atoms with Gasteiger partial charge in [-0.25, -0.2) is 0 Å². The molecule has 0 amide bonds. The van der Waals surface area contributed by atoms with Crippen LogP contribution in [-0.2, 0) is 4.74 Å². The Kier molecular flexibility index (Phi) is 2.98. The third kappa shape index (κ3) is 1.79. The van der Waals surface area contributed by atoms with Crippen LogP contribution < -0.4 is 0 Å². The molecule has 1 fully saturated rings. The van der Waals surface area contributed by atoms with Crippen molar-refractivity contribution in [1.29, 1.82) is 0 Å². The second-order valence-electron chi connectivity index (χ2n) is 5.86. The van der Waals surface area contributed by atoms with Gasteiger partial charge >= 0.3 is 0 Å². The van der Waals surface area contributed by atoms with E-state index in [1.807, 2.05) is 18.5 Å². The molecular formula is C16H21NO. The van der Waals surface area contributed by atoms with Crippen LogP contribution in [0.2, 0.25) is 0 Å². The highest BCUT2D eigenvalue weighted by atomic mass is 16.5. The van der Waals surface area contributed by atoms with Crippen LogP contribution in [0.1, 0.15) is 32.4 Å². The predicted octanol–water partition coefficient (Wildman–Crippen LogP) is 3.62. The summed E-state index contributed by atoms with van der Waals surface area (Å²) in [6.45, 7) is 7.83. The first-order valence-corrected chi connectivity index (χ1v) is 6.88. The SMILES string of the molecule is CC1=CC(C)[C@H]2COC(c3cccnc3)[C@@H]1C2C. The van der Waals surface area contributed by atoms with Crippen LogP contribution in [0.15, 0.2) is 36.2 Å². The lowest BCUT2D eigenvalue weighted by Gasteiger charge is -2.47. The van der Waals surface area contributed by atoms with Crippen LogP contribution >= 0.6 is 0 Å². The molecule has 2 aliphatic rings. The molecule has 5 atom stereocenters. The van der Waals surface area contributed by atoms with Gasteiger partial charge in [0.05, 0.1) is 12.7 Å². The topological polar surface area (TPSA) is 22.1 Å². The molecule has 1 aliphatic heterocycles.